The SMILES string of the molecule is Cc1cc2c(C3CCC(=O)NC3=O)nn(C)c2cc1N1CCN[C@H](C)C1. The van der Waals surface area contributed by atoms with Crippen LogP contribution in [0.5, 0.6) is 0 Å². The fourth-order valence-corrected chi connectivity index (χ4v) is 4.13. The molecule has 7 heteroatoms. The number of hydrogen-bond donors (Lipinski definition) is 2. The number of piperidine rings is 1. The Morgan fingerprint density at radius 3 is 2.81 bits per heavy atom. The number of fused-ring (bicyclic) bond motifs is 1. The Hall–Kier alpha value is -2.41. The van der Waals surface area contributed by atoms with Crippen molar-refractivity contribution in [2.75, 3.05) is 24.5 Å². The lowest BCUT2D eigenvalue weighted by atomic mass is 9.92. The fourth-order valence-electron chi connectivity index (χ4n) is 4.13. The third kappa shape index (κ3) is 2.86. The zero-order valence-electron chi connectivity index (χ0n) is 15.5. The van der Waals surface area contributed by atoms with Gasteiger partial charge in [0.1, 0.15) is 0 Å². The lowest BCUT2D eigenvalue weighted by Crippen LogP contribution is -2.49. The molecule has 2 fully saturated rings. The maximum Gasteiger partial charge on any atom is 0.235 e. The van der Waals surface area contributed by atoms with E-state index in [1.165, 1.54) is 11.3 Å². The van der Waals surface area contributed by atoms with E-state index in [4.69, 9.17) is 0 Å². The summed E-state index contributed by atoms with van der Waals surface area (Å²) in [5.74, 6) is -0.794. The summed E-state index contributed by atoms with van der Waals surface area (Å²) in [6, 6.07) is 4.79. The molecule has 2 atom stereocenters. The van der Waals surface area contributed by atoms with Gasteiger partial charge in [-0.05, 0) is 38.0 Å². The Morgan fingerprint density at radius 2 is 2.08 bits per heavy atom. The minimum Gasteiger partial charge on any atom is -0.368 e. The third-order valence-electron chi connectivity index (χ3n) is 5.48. The molecule has 1 aromatic carbocycles. The molecule has 7 nitrogen and oxygen atoms in total. The van der Waals surface area contributed by atoms with Crippen LogP contribution < -0.4 is 15.5 Å². The first-order chi connectivity index (χ1) is 12.4. The maximum absolute atomic E-state index is 12.3. The first-order valence-corrected chi connectivity index (χ1v) is 9.23. The Kier molecular flexibility index (Phi) is 4.19. The summed E-state index contributed by atoms with van der Waals surface area (Å²) in [5.41, 5.74) is 4.21. The van der Waals surface area contributed by atoms with Crippen molar-refractivity contribution in [3.63, 3.8) is 0 Å². The summed E-state index contributed by atoms with van der Waals surface area (Å²) < 4.78 is 1.85. The molecule has 2 aromatic rings. The number of carbonyl (C=O) groups excluding carboxylic acids is 2. The number of anilines is 1. The predicted molar refractivity (Wildman–Crippen MR) is 100 cm³/mol. The number of imide groups is 1. The number of carbonyl (C=O) groups is 2. The summed E-state index contributed by atoms with van der Waals surface area (Å²) >= 11 is 0. The van der Waals surface area contributed by atoms with Crippen molar-refractivity contribution in [1.29, 1.82) is 0 Å². The molecule has 0 radical (unpaired) electrons. The van der Waals surface area contributed by atoms with Crippen LogP contribution in [0.25, 0.3) is 10.9 Å². The van der Waals surface area contributed by atoms with E-state index in [2.05, 4.69) is 46.6 Å². The molecule has 1 unspecified atom stereocenters. The smallest absolute Gasteiger partial charge is 0.235 e. The summed E-state index contributed by atoms with van der Waals surface area (Å²) in [7, 11) is 1.91. The molecule has 2 aliphatic rings. The van der Waals surface area contributed by atoms with Gasteiger partial charge in [-0.25, -0.2) is 0 Å². The van der Waals surface area contributed by atoms with Crippen LogP contribution in [-0.4, -0.2) is 47.3 Å². The van der Waals surface area contributed by atoms with E-state index in [0.29, 0.717) is 18.9 Å². The lowest BCUT2D eigenvalue weighted by molar-refractivity contribution is -0.134. The number of benzene rings is 1. The Balaban J connectivity index is 1.75. The van der Waals surface area contributed by atoms with Crippen molar-refractivity contribution < 1.29 is 9.59 Å². The second-order valence-electron chi connectivity index (χ2n) is 7.47. The van der Waals surface area contributed by atoms with E-state index in [0.717, 1.165) is 36.2 Å². The van der Waals surface area contributed by atoms with Crippen molar-refractivity contribution in [3.8, 4) is 0 Å². The first-order valence-electron chi connectivity index (χ1n) is 9.23. The number of piperazine rings is 1. The molecule has 0 aliphatic carbocycles. The van der Waals surface area contributed by atoms with Crippen molar-refractivity contribution in [2.45, 2.75) is 38.6 Å². The average molecular weight is 355 g/mol. The van der Waals surface area contributed by atoms with E-state index in [-0.39, 0.29) is 17.7 Å². The number of rotatable bonds is 2. The van der Waals surface area contributed by atoms with Gasteiger partial charge in [-0.2, -0.15) is 5.10 Å². The zero-order chi connectivity index (χ0) is 18.4. The molecule has 0 bridgehead atoms. The minimum absolute atomic E-state index is 0.196. The molecule has 138 valence electrons. The largest absolute Gasteiger partial charge is 0.368 e. The van der Waals surface area contributed by atoms with Crippen LogP contribution in [0.4, 0.5) is 5.69 Å². The predicted octanol–water partition coefficient (Wildman–Crippen LogP) is 1.20. The fraction of sp³-hybridized carbons (Fsp3) is 0.526. The minimum atomic E-state index is -0.360. The van der Waals surface area contributed by atoms with Crippen molar-refractivity contribution >= 4 is 28.4 Å². The van der Waals surface area contributed by atoms with Gasteiger partial charge in [0.15, 0.2) is 0 Å². The molecule has 2 aliphatic heterocycles. The Morgan fingerprint density at radius 1 is 1.27 bits per heavy atom. The second-order valence-corrected chi connectivity index (χ2v) is 7.47. The highest BCUT2D eigenvalue weighted by Crippen LogP contribution is 2.34. The van der Waals surface area contributed by atoms with E-state index in [9.17, 15) is 9.59 Å². The summed E-state index contributed by atoms with van der Waals surface area (Å²) in [5, 5.41) is 11.6. The van der Waals surface area contributed by atoms with E-state index < -0.39 is 0 Å². The molecular formula is C19H25N5O2. The summed E-state index contributed by atoms with van der Waals surface area (Å²) in [4.78, 5) is 26.2. The van der Waals surface area contributed by atoms with Gasteiger partial charge >= 0.3 is 0 Å². The van der Waals surface area contributed by atoms with Crippen molar-refractivity contribution in [2.24, 2.45) is 7.05 Å². The number of hydrogen-bond acceptors (Lipinski definition) is 5. The van der Waals surface area contributed by atoms with Crippen LogP contribution in [0.3, 0.4) is 0 Å². The number of aromatic nitrogens is 2. The molecule has 3 heterocycles. The van der Waals surface area contributed by atoms with Gasteiger partial charge < -0.3 is 10.2 Å². The van der Waals surface area contributed by atoms with Crippen LogP contribution in [-0.2, 0) is 16.6 Å². The van der Waals surface area contributed by atoms with Gasteiger partial charge in [0.05, 0.1) is 17.1 Å². The molecule has 1 aromatic heterocycles. The topological polar surface area (TPSA) is 79.3 Å². The molecule has 0 spiro atoms. The molecule has 26 heavy (non-hydrogen) atoms. The molecule has 4 rings (SSSR count). The van der Waals surface area contributed by atoms with Gasteiger partial charge in [-0.15, -0.1) is 0 Å². The molecule has 0 saturated carbocycles. The number of nitrogens with one attached hydrogen (secondary N) is 2. The molecule has 2 saturated heterocycles. The van der Waals surface area contributed by atoms with Gasteiger partial charge in [-0.3, -0.25) is 19.6 Å². The number of amides is 2. The highest BCUT2D eigenvalue weighted by Gasteiger charge is 2.32. The highest BCUT2D eigenvalue weighted by atomic mass is 16.2. The van der Waals surface area contributed by atoms with Crippen LogP contribution in [0.2, 0.25) is 0 Å². The van der Waals surface area contributed by atoms with Gasteiger partial charge in [-0.1, -0.05) is 0 Å². The Bertz CT molecular complexity index is 888. The molecule has 2 N–H and O–H groups in total. The number of aryl methyl sites for hydroxylation is 2. The van der Waals surface area contributed by atoms with E-state index >= 15 is 0 Å². The van der Waals surface area contributed by atoms with Crippen LogP contribution >= 0.6 is 0 Å². The van der Waals surface area contributed by atoms with Crippen LogP contribution in [0.1, 0.15) is 36.9 Å². The van der Waals surface area contributed by atoms with Crippen LogP contribution in [0.15, 0.2) is 12.1 Å². The third-order valence-corrected chi connectivity index (χ3v) is 5.48. The average Bonchev–Trinajstić information content (AvgIpc) is 2.90. The number of nitrogens with zero attached hydrogens (tertiary/aromatic N) is 3. The molecule has 2 amide bonds. The van der Waals surface area contributed by atoms with E-state index in [1.54, 1.807) is 0 Å². The lowest BCUT2D eigenvalue weighted by Gasteiger charge is -2.34. The monoisotopic (exact) mass is 355 g/mol. The Labute approximate surface area is 152 Å². The first kappa shape index (κ1) is 17.0. The summed E-state index contributed by atoms with van der Waals surface area (Å²) in [6.45, 7) is 7.25. The summed E-state index contributed by atoms with van der Waals surface area (Å²) in [6.07, 6.45) is 0.886. The highest BCUT2D eigenvalue weighted by molar-refractivity contribution is 6.02. The molecular weight excluding hydrogens is 330 g/mol. The zero-order valence-corrected chi connectivity index (χ0v) is 15.5. The van der Waals surface area contributed by atoms with Crippen molar-refractivity contribution in [3.05, 3.63) is 23.4 Å². The van der Waals surface area contributed by atoms with E-state index in [1.807, 2.05) is 11.7 Å². The standard InChI is InChI=1S/C19H25N5O2/c1-11-8-14-16(9-15(11)24-7-6-20-12(2)10-24)23(3)22-18(14)13-4-5-17(25)21-19(13)26/h8-9,12-13,20H,4-7,10H2,1-3H3,(H,21,25,26)/t12-,13?/m1/s1. The van der Waals surface area contributed by atoms with Gasteiger partial charge in [0.2, 0.25) is 11.8 Å². The second kappa shape index (κ2) is 6.39. The normalized spacial score (nSPS) is 24.2. The van der Waals surface area contributed by atoms with Crippen LogP contribution in [0, 0.1) is 6.92 Å². The van der Waals surface area contributed by atoms with Gasteiger partial charge in [0.25, 0.3) is 0 Å². The maximum atomic E-state index is 12.3. The van der Waals surface area contributed by atoms with Gasteiger partial charge in [0, 0.05) is 50.2 Å². The van der Waals surface area contributed by atoms with Crippen molar-refractivity contribution in [1.82, 2.24) is 20.4 Å². The quantitative estimate of drug-likeness (QED) is 0.792.